The van der Waals surface area contributed by atoms with Crippen molar-refractivity contribution < 1.29 is 9.90 Å². The summed E-state index contributed by atoms with van der Waals surface area (Å²) < 4.78 is 2.66. The van der Waals surface area contributed by atoms with Crippen molar-refractivity contribution in [2.24, 2.45) is 0 Å². The Morgan fingerprint density at radius 2 is 2.10 bits per heavy atom. The third kappa shape index (κ3) is 2.29. The number of aromatic hydroxyl groups is 1. The Hall–Kier alpha value is -1.62. The van der Waals surface area contributed by atoms with Crippen molar-refractivity contribution in [1.82, 2.24) is 4.57 Å². The summed E-state index contributed by atoms with van der Waals surface area (Å²) in [4.78, 5) is 24.1. The van der Waals surface area contributed by atoms with Crippen LogP contribution in [-0.4, -0.2) is 15.5 Å². The molecule has 1 fully saturated rings. The molecule has 0 saturated heterocycles. The van der Waals surface area contributed by atoms with Gasteiger partial charge in [-0.3, -0.25) is 9.59 Å². The maximum absolute atomic E-state index is 12.7. The molecule has 1 aromatic carbocycles. The molecule has 1 heterocycles. The monoisotopic (exact) mass is 349 g/mol. The summed E-state index contributed by atoms with van der Waals surface area (Å²) in [5.74, 6) is -0.185. The van der Waals surface area contributed by atoms with Crippen LogP contribution >= 0.6 is 15.9 Å². The van der Waals surface area contributed by atoms with Gasteiger partial charge < -0.3 is 9.67 Å². The minimum atomic E-state index is -0.237. The van der Waals surface area contributed by atoms with E-state index in [1.54, 1.807) is 10.6 Å². The molecular weight excluding hydrogens is 334 g/mol. The number of carbonyl (C=O) groups is 1. The predicted octanol–water partition coefficient (Wildman–Crippen LogP) is 3.24. The molecule has 1 aliphatic rings. The van der Waals surface area contributed by atoms with Crippen molar-refractivity contribution >= 4 is 32.6 Å². The van der Waals surface area contributed by atoms with Crippen LogP contribution in [0.25, 0.3) is 10.9 Å². The summed E-state index contributed by atoms with van der Waals surface area (Å²) in [6, 6.07) is 3.83. The number of hydrogen-bond donors (Lipinski definition) is 1. The Morgan fingerprint density at radius 3 is 2.67 bits per heavy atom. The summed E-state index contributed by atoms with van der Waals surface area (Å²) in [5.41, 5.74) is 1.67. The van der Waals surface area contributed by atoms with Gasteiger partial charge in [-0.2, -0.15) is 0 Å². The first-order valence-corrected chi connectivity index (χ1v) is 7.75. The highest BCUT2D eigenvalue weighted by atomic mass is 79.9. The zero-order valence-corrected chi connectivity index (χ0v) is 13.5. The molecule has 21 heavy (non-hydrogen) atoms. The van der Waals surface area contributed by atoms with Crippen LogP contribution in [0.5, 0.6) is 5.75 Å². The van der Waals surface area contributed by atoms with Gasteiger partial charge >= 0.3 is 0 Å². The average Bonchev–Trinajstić information content (AvgIpc) is 3.23. The maximum Gasteiger partial charge on any atom is 0.258 e. The predicted molar refractivity (Wildman–Crippen MR) is 85.0 cm³/mol. The van der Waals surface area contributed by atoms with E-state index in [9.17, 15) is 14.7 Å². The number of fused-ring (bicyclic) bond motifs is 1. The Morgan fingerprint density at radius 1 is 1.43 bits per heavy atom. The number of hydrogen-bond acceptors (Lipinski definition) is 3. The third-order valence-corrected chi connectivity index (χ3v) is 4.82. The minimum absolute atomic E-state index is 0.0254. The second-order valence-corrected chi connectivity index (χ2v) is 6.54. The first-order valence-electron chi connectivity index (χ1n) is 6.96. The maximum atomic E-state index is 12.7. The lowest BCUT2D eigenvalue weighted by atomic mass is 10.0. The lowest BCUT2D eigenvalue weighted by Gasteiger charge is -2.16. The topological polar surface area (TPSA) is 59.3 Å². The van der Waals surface area contributed by atoms with Crippen molar-refractivity contribution in [1.29, 1.82) is 0 Å². The van der Waals surface area contributed by atoms with E-state index in [-0.39, 0.29) is 35.1 Å². The molecule has 0 spiro atoms. The van der Waals surface area contributed by atoms with Gasteiger partial charge in [-0.1, -0.05) is 15.9 Å². The zero-order chi connectivity index (χ0) is 15.3. The van der Waals surface area contributed by atoms with Crippen molar-refractivity contribution in [3.8, 4) is 5.75 Å². The van der Waals surface area contributed by atoms with E-state index in [0.29, 0.717) is 5.39 Å². The van der Waals surface area contributed by atoms with Gasteiger partial charge in [0.2, 0.25) is 0 Å². The van der Waals surface area contributed by atoms with Crippen LogP contribution in [0.1, 0.15) is 36.9 Å². The molecule has 0 radical (unpaired) electrons. The highest BCUT2D eigenvalue weighted by Gasteiger charge is 2.30. The Labute approximate surface area is 130 Å². The molecule has 110 valence electrons. The molecular formula is C16H16BrNO3. The Balaban J connectivity index is 2.45. The van der Waals surface area contributed by atoms with Crippen molar-refractivity contribution in [2.75, 3.05) is 0 Å². The quantitative estimate of drug-likeness (QED) is 0.925. The van der Waals surface area contributed by atoms with E-state index in [4.69, 9.17) is 0 Å². The van der Waals surface area contributed by atoms with E-state index >= 15 is 0 Å². The molecule has 0 amide bonds. The van der Waals surface area contributed by atoms with E-state index in [1.807, 2.05) is 13.0 Å². The lowest BCUT2D eigenvalue weighted by Crippen LogP contribution is -2.25. The minimum Gasteiger partial charge on any atom is -0.507 e. The van der Waals surface area contributed by atoms with Gasteiger partial charge in [0, 0.05) is 22.3 Å². The Bertz CT molecular complexity index is 819. The molecule has 1 saturated carbocycles. The van der Waals surface area contributed by atoms with Gasteiger partial charge in [0.15, 0.2) is 0 Å². The summed E-state index contributed by atoms with van der Waals surface area (Å²) >= 11 is 3.48. The number of aromatic nitrogens is 1. The largest absolute Gasteiger partial charge is 0.507 e. The number of Topliss-reactive ketones (excluding diaryl/α,β-unsaturated/α-hetero) is 1. The van der Waals surface area contributed by atoms with Crippen LogP contribution in [0.2, 0.25) is 0 Å². The van der Waals surface area contributed by atoms with E-state index in [0.717, 1.165) is 28.4 Å². The summed E-state index contributed by atoms with van der Waals surface area (Å²) in [7, 11) is 0. The molecule has 0 aliphatic heterocycles. The second kappa shape index (κ2) is 4.98. The molecule has 5 heteroatoms. The lowest BCUT2D eigenvalue weighted by molar-refractivity contribution is -0.116. The fraction of sp³-hybridized carbons (Fsp3) is 0.375. The van der Waals surface area contributed by atoms with Crippen LogP contribution in [-0.2, 0) is 11.2 Å². The molecule has 0 unspecified atom stereocenters. The van der Waals surface area contributed by atoms with Gasteiger partial charge in [-0.15, -0.1) is 0 Å². The van der Waals surface area contributed by atoms with Crippen molar-refractivity contribution in [2.45, 2.75) is 39.2 Å². The van der Waals surface area contributed by atoms with Gasteiger partial charge in [-0.05, 0) is 44.4 Å². The molecule has 1 aliphatic carbocycles. The number of ketones is 1. The fourth-order valence-corrected chi connectivity index (χ4v) is 3.10. The van der Waals surface area contributed by atoms with Crippen LogP contribution in [0, 0.1) is 6.92 Å². The van der Waals surface area contributed by atoms with Crippen LogP contribution in [0.3, 0.4) is 0 Å². The number of halogens is 1. The number of carbonyl (C=O) groups excluding carboxylic acids is 1. The average molecular weight is 350 g/mol. The van der Waals surface area contributed by atoms with Crippen LogP contribution in [0.4, 0.5) is 0 Å². The first-order chi connectivity index (χ1) is 9.91. The van der Waals surface area contributed by atoms with E-state index < -0.39 is 0 Å². The molecule has 0 atom stereocenters. The molecule has 1 aromatic heterocycles. The number of aryl methyl sites for hydroxylation is 1. The number of rotatable bonds is 3. The second-order valence-electron chi connectivity index (χ2n) is 5.68. The zero-order valence-electron chi connectivity index (χ0n) is 11.9. The molecule has 3 rings (SSSR count). The number of benzene rings is 1. The van der Waals surface area contributed by atoms with Gasteiger partial charge in [0.25, 0.3) is 5.56 Å². The van der Waals surface area contributed by atoms with E-state index in [2.05, 4.69) is 15.9 Å². The normalized spacial score (nSPS) is 14.6. The molecule has 4 nitrogen and oxygen atoms in total. The van der Waals surface area contributed by atoms with E-state index in [1.165, 1.54) is 6.92 Å². The van der Waals surface area contributed by atoms with Crippen molar-refractivity contribution in [3.63, 3.8) is 0 Å². The fourth-order valence-electron chi connectivity index (χ4n) is 2.78. The Kier molecular flexibility index (Phi) is 3.40. The molecule has 2 aromatic rings. The standard InChI is InChI=1S/C16H16BrNO3/c1-8(19)7-12-15(20)11-5-6-13(17)9(2)14(11)18(16(12)21)10-3-4-10/h5-6,10,20H,3-4,7H2,1-2H3. The van der Waals surface area contributed by atoms with Gasteiger partial charge in [0.1, 0.15) is 11.5 Å². The summed E-state index contributed by atoms with van der Waals surface area (Å²) in [5, 5.41) is 11.1. The first kappa shape index (κ1) is 14.3. The molecule has 1 N–H and O–H groups in total. The summed E-state index contributed by atoms with van der Waals surface area (Å²) in [6.07, 6.45) is 1.90. The number of pyridine rings is 1. The third-order valence-electron chi connectivity index (χ3n) is 3.96. The number of nitrogens with zero attached hydrogens (tertiary/aromatic N) is 1. The van der Waals surface area contributed by atoms with Gasteiger partial charge in [0.05, 0.1) is 11.1 Å². The summed E-state index contributed by atoms with van der Waals surface area (Å²) in [6.45, 7) is 3.35. The van der Waals surface area contributed by atoms with Crippen LogP contribution < -0.4 is 5.56 Å². The van der Waals surface area contributed by atoms with Crippen LogP contribution in [0.15, 0.2) is 21.4 Å². The van der Waals surface area contributed by atoms with Crippen molar-refractivity contribution in [3.05, 3.63) is 38.1 Å². The smallest absolute Gasteiger partial charge is 0.258 e. The SMILES string of the molecule is CC(=O)Cc1c(O)c2ccc(Br)c(C)c2n(C2CC2)c1=O. The highest BCUT2D eigenvalue weighted by Crippen LogP contribution is 2.40. The molecule has 0 bridgehead atoms. The van der Waals surface area contributed by atoms with Gasteiger partial charge in [-0.25, -0.2) is 0 Å². The highest BCUT2D eigenvalue weighted by molar-refractivity contribution is 9.10.